The van der Waals surface area contributed by atoms with E-state index in [2.05, 4.69) is 15.9 Å². The van der Waals surface area contributed by atoms with E-state index >= 15 is 0 Å². The van der Waals surface area contributed by atoms with Crippen molar-refractivity contribution < 1.29 is 18.7 Å². The molecule has 2 heterocycles. The Morgan fingerprint density at radius 2 is 2.05 bits per heavy atom. The van der Waals surface area contributed by atoms with Gasteiger partial charge in [-0.3, -0.25) is 4.79 Å². The fourth-order valence-corrected chi connectivity index (χ4v) is 3.00. The number of likely N-dealkylation sites (tertiary alicyclic amines) is 1. The summed E-state index contributed by atoms with van der Waals surface area (Å²) in [6.07, 6.45) is 2.02. The van der Waals surface area contributed by atoms with Crippen molar-refractivity contribution in [2.45, 2.75) is 19.8 Å². The molecule has 0 aliphatic carbocycles. The quantitative estimate of drug-likeness (QED) is 0.783. The number of halogens is 1. The van der Waals surface area contributed by atoms with Gasteiger partial charge in [-0.05, 0) is 38.0 Å². The highest BCUT2D eigenvalue weighted by atomic mass is 79.9. The minimum atomic E-state index is -0.600. The van der Waals surface area contributed by atoms with E-state index in [1.807, 2.05) is 12.1 Å². The lowest BCUT2D eigenvalue weighted by molar-refractivity contribution is -0.133. The van der Waals surface area contributed by atoms with Gasteiger partial charge in [0.1, 0.15) is 5.58 Å². The molecule has 5 nitrogen and oxygen atoms in total. The summed E-state index contributed by atoms with van der Waals surface area (Å²) in [7, 11) is 0. The Bertz CT molecular complexity index is 731. The van der Waals surface area contributed by atoms with Gasteiger partial charge in [-0.1, -0.05) is 15.9 Å². The summed E-state index contributed by atoms with van der Waals surface area (Å²) in [5.41, 5.74) is 1.34. The van der Waals surface area contributed by atoms with Gasteiger partial charge in [-0.25, -0.2) is 4.79 Å². The first-order valence-corrected chi connectivity index (χ1v) is 7.99. The second-order valence-electron chi connectivity index (χ2n) is 5.36. The molecule has 3 rings (SSSR count). The van der Waals surface area contributed by atoms with Crippen LogP contribution < -0.4 is 0 Å². The predicted molar refractivity (Wildman–Crippen MR) is 84.7 cm³/mol. The van der Waals surface area contributed by atoms with Crippen LogP contribution in [0.15, 0.2) is 27.1 Å². The van der Waals surface area contributed by atoms with Crippen molar-refractivity contribution >= 4 is 38.8 Å². The standard InChI is InChI=1S/C16H16BrNO4/c1-10-12-8-11(17)4-5-13(12)22-15(10)16(20)21-9-14(19)18-6-2-3-7-18/h4-5,8H,2-3,6-7,9H2,1H3. The molecule has 0 saturated carbocycles. The molecule has 1 aromatic heterocycles. The number of ether oxygens (including phenoxy) is 1. The van der Waals surface area contributed by atoms with Gasteiger partial charge in [0.25, 0.3) is 5.91 Å². The number of esters is 1. The second-order valence-corrected chi connectivity index (χ2v) is 6.28. The van der Waals surface area contributed by atoms with Crippen LogP contribution in [0.2, 0.25) is 0 Å². The summed E-state index contributed by atoms with van der Waals surface area (Å²) in [6.45, 7) is 3.05. The molecule has 1 aliphatic rings. The Balaban J connectivity index is 1.72. The topological polar surface area (TPSA) is 59.8 Å². The molecule has 1 amide bonds. The Morgan fingerprint density at radius 1 is 1.32 bits per heavy atom. The van der Waals surface area contributed by atoms with Gasteiger partial charge < -0.3 is 14.1 Å². The van der Waals surface area contributed by atoms with Crippen molar-refractivity contribution in [1.82, 2.24) is 4.90 Å². The van der Waals surface area contributed by atoms with Crippen LogP contribution in [0.3, 0.4) is 0 Å². The molecule has 0 radical (unpaired) electrons. The van der Waals surface area contributed by atoms with E-state index in [9.17, 15) is 9.59 Å². The van der Waals surface area contributed by atoms with Crippen molar-refractivity contribution in [2.24, 2.45) is 0 Å². The molecule has 6 heteroatoms. The maximum Gasteiger partial charge on any atom is 0.375 e. The zero-order valence-corrected chi connectivity index (χ0v) is 13.8. The maximum absolute atomic E-state index is 12.1. The van der Waals surface area contributed by atoms with Crippen molar-refractivity contribution in [3.05, 3.63) is 34.0 Å². The van der Waals surface area contributed by atoms with E-state index in [4.69, 9.17) is 9.15 Å². The van der Waals surface area contributed by atoms with E-state index in [1.54, 1.807) is 17.9 Å². The number of hydrogen-bond acceptors (Lipinski definition) is 4. The molecular weight excluding hydrogens is 350 g/mol. The SMILES string of the molecule is Cc1c(C(=O)OCC(=O)N2CCCC2)oc2ccc(Br)cc12. The smallest absolute Gasteiger partial charge is 0.375 e. The third-order valence-electron chi connectivity index (χ3n) is 3.87. The first-order chi connectivity index (χ1) is 10.6. The van der Waals surface area contributed by atoms with E-state index in [0.29, 0.717) is 5.58 Å². The zero-order valence-electron chi connectivity index (χ0n) is 12.2. The Kier molecular flexibility index (Phi) is 4.20. The number of rotatable bonds is 3. The summed E-state index contributed by atoms with van der Waals surface area (Å²) in [4.78, 5) is 25.8. The van der Waals surface area contributed by atoms with Crippen LogP contribution in [0.4, 0.5) is 0 Å². The molecule has 1 fully saturated rings. The Morgan fingerprint density at radius 3 is 2.77 bits per heavy atom. The van der Waals surface area contributed by atoms with E-state index in [-0.39, 0.29) is 18.3 Å². The fraction of sp³-hybridized carbons (Fsp3) is 0.375. The lowest BCUT2D eigenvalue weighted by Gasteiger charge is -2.14. The molecule has 116 valence electrons. The van der Waals surface area contributed by atoms with Crippen molar-refractivity contribution in [1.29, 1.82) is 0 Å². The average molecular weight is 366 g/mol. The molecule has 1 aliphatic heterocycles. The number of benzene rings is 1. The first-order valence-electron chi connectivity index (χ1n) is 7.20. The maximum atomic E-state index is 12.1. The third kappa shape index (κ3) is 2.88. The molecule has 1 saturated heterocycles. The number of hydrogen-bond donors (Lipinski definition) is 0. The van der Waals surface area contributed by atoms with E-state index in [0.717, 1.165) is 41.4 Å². The van der Waals surface area contributed by atoms with Gasteiger partial charge in [0.15, 0.2) is 6.61 Å². The molecular formula is C16H16BrNO4. The van der Waals surface area contributed by atoms with Gasteiger partial charge in [0.05, 0.1) is 0 Å². The minimum Gasteiger partial charge on any atom is -0.450 e. The molecule has 2 aromatic rings. The molecule has 22 heavy (non-hydrogen) atoms. The highest BCUT2D eigenvalue weighted by Crippen LogP contribution is 2.28. The monoisotopic (exact) mass is 365 g/mol. The number of carbonyl (C=O) groups excluding carboxylic acids is 2. The fourth-order valence-electron chi connectivity index (χ4n) is 2.64. The van der Waals surface area contributed by atoms with Crippen LogP contribution in [-0.4, -0.2) is 36.5 Å². The number of carbonyl (C=O) groups is 2. The number of nitrogens with zero attached hydrogens (tertiary/aromatic N) is 1. The molecule has 1 aromatic carbocycles. The highest BCUT2D eigenvalue weighted by Gasteiger charge is 2.23. The summed E-state index contributed by atoms with van der Waals surface area (Å²) in [5.74, 6) is -0.595. The lowest BCUT2D eigenvalue weighted by Crippen LogP contribution is -2.32. The Hall–Kier alpha value is -1.82. The zero-order chi connectivity index (χ0) is 15.7. The van der Waals surface area contributed by atoms with Gasteiger partial charge >= 0.3 is 5.97 Å². The van der Waals surface area contributed by atoms with Crippen molar-refractivity contribution in [2.75, 3.05) is 19.7 Å². The van der Waals surface area contributed by atoms with Crippen LogP contribution in [0.1, 0.15) is 29.0 Å². The van der Waals surface area contributed by atoms with Crippen LogP contribution in [0.25, 0.3) is 11.0 Å². The summed E-state index contributed by atoms with van der Waals surface area (Å²) >= 11 is 3.39. The lowest BCUT2D eigenvalue weighted by atomic mass is 10.1. The van der Waals surface area contributed by atoms with Crippen molar-refractivity contribution in [3.63, 3.8) is 0 Å². The second kappa shape index (κ2) is 6.12. The van der Waals surface area contributed by atoms with E-state index < -0.39 is 5.97 Å². The minimum absolute atomic E-state index is 0.151. The molecule has 0 unspecified atom stereocenters. The van der Waals surface area contributed by atoms with Crippen LogP contribution in [0, 0.1) is 6.92 Å². The van der Waals surface area contributed by atoms with Gasteiger partial charge in [0, 0.05) is 28.5 Å². The molecule has 0 atom stereocenters. The normalized spacial score (nSPS) is 14.5. The molecule has 0 N–H and O–H groups in total. The summed E-state index contributed by atoms with van der Waals surface area (Å²) < 4.78 is 11.6. The van der Waals surface area contributed by atoms with Crippen LogP contribution in [0.5, 0.6) is 0 Å². The molecule has 0 spiro atoms. The number of aryl methyl sites for hydroxylation is 1. The number of furan rings is 1. The third-order valence-corrected chi connectivity index (χ3v) is 4.36. The van der Waals surface area contributed by atoms with Gasteiger partial charge in [0.2, 0.25) is 5.76 Å². The summed E-state index contributed by atoms with van der Waals surface area (Å²) in [5, 5.41) is 0.854. The van der Waals surface area contributed by atoms with Gasteiger partial charge in [-0.15, -0.1) is 0 Å². The highest BCUT2D eigenvalue weighted by molar-refractivity contribution is 9.10. The van der Waals surface area contributed by atoms with E-state index in [1.165, 1.54) is 0 Å². The largest absolute Gasteiger partial charge is 0.450 e. The predicted octanol–water partition coefficient (Wildman–Crippen LogP) is 3.28. The van der Waals surface area contributed by atoms with Crippen molar-refractivity contribution in [3.8, 4) is 0 Å². The Labute approximate surface area is 136 Å². The summed E-state index contributed by atoms with van der Waals surface area (Å²) in [6, 6.07) is 5.52. The van der Waals surface area contributed by atoms with Crippen LogP contribution >= 0.6 is 15.9 Å². The molecule has 0 bridgehead atoms. The number of amides is 1. The number of fused-ring (bicyclic) bond motifs is 1. The van der Waals surface area contributed by atoms with Crippen LogP contribution in [-0.2, 0) is 9.53 Å². The van der Waals surface area contributed by atoms with Gasteiger partial charge in [-0.2, -0.15) is 0 Å². The average Bonchev–Trinajstić information content (AvgIpc) is 3.14. The first kappa shape index (κ1) is 15.1.